The summed E-state index contributed by atoms with van der Waals surface area (Å²) in [5, 5.41) is 3.13. The Bertz CT molecular complexity index is 1070. The predicted molar refractivity (Wildman–Crippen MR) is 106 cm³/mol. The molecule has 0 fully saturated rings. The van der Waals surface area contributed by atoms with Crippen molar-refractivity contribution in [1.29, 1.82) is 0 Å². The van der Waals surface area contributed by atoms with Crippen molar-refractivity contribution in [1.82, 2.24) is 4.98 Å². The van der Waals surface area contributed by atoms with Crippen molar-refractivity contribution in [3.8, 4) is 28.3 Å². The Balaban J connectivity index is 1.75. The van der Waals surface area contributed by atoms with Crippen LogP contribution in [0.25, 0.3) is 33.7 Å². The molecule has 130 valence electrons. The summed E-state index contributed by atoms with van der Waals surface area (Å²) in [5.41, 5.74) is 6.97. The minimum Gasteiger partial charge on any atom is -0.495 e. The highest BCUT2D eigenvalue weighted by Gasteiger charge is 2.12. The molecule has 0 bridgehead atoms. The maximum absolute atomic E-state index is 5.96. The molecule has 0 saturated heterocycles. The van der Waals surface area contributed by atoms with Crippen LogP contribution in [0.15, 0.2) is 65.1 Å². The molecule has 0 unspecified atom stereocenters. The van der Waals surface area contributed by atoms with Gasteiger partial charge in [-0.3, -0.25) is 0 Å². The van der Waals surface area contributed by atoms with Crippen molar-refractivity contribution in [2.75, 3.05) is 19.5 Å². The van der Waals surface area contributed by atoms with Gasteiger partial charge in [-0.25, -0.2) is 4.98 Å². The van der Waals surface area contributed by atoms with Gasteiger partial charge in [-0.1, -0.05) is 35.9 Å². The third kappa shape index (κ3) is 2.90. The summed E-state index contributed by atoms with van der Waals surface area (Å²) in [7, 11) is 3.52. The van der Waals surface area contributed by atoms with Gasteiger partial charge in [-0.05, 0) is 48.4 Å². The number of oxazole rings is 1. The highest BCUT2D eigenvalue weighted by Crippen LogP contribution is 2.32. The number of aryl methyl sites for hydroxylation is 1. The number of methoxy groups -OCH3 is 1. The minimum absolute atomic E-state index is 0.597. The van der Waals surface area contributed by atoms with Gasteiger partial charge in [0.15, 0.2) is 5.58 Å². The quantitative estimate of drug-likeness (QED) is 0.529. The van der Waals surface area contributed by atoms with E-state index < -0.39 is 0 Å². The summed E-state index contributed by atoms with van der Waals surface area (Å²) in [4.78, 5) is 4.68. The molecule has 4 aromatic rings. The monoisotopic (exact) mass is 344 g/mol. The van der Waals surface area contributed by atoms with E-state index in [9.17, 15) is 0 Å². The van der Waals surface area contributed by atoms with Gasteiger partial charge >= 0.3 is 0 Å². The number of anilines is 1. The molecule has 0 radical (unpaired) electrons. The molecule has 0 amide bonds. The molecule has 1 aromatic heterocycles. The molecular formula is C22H20N2O2. The van der Waals surface area contributed by atoms with Crippen LogP contribution < -0.4 is 10.1 Å². The van der Waals surface area contributed by atoms with Gasteiger partial charge in [0.2, 0.25) is 5.89 Å². The largest absolute Gasteiger partial charge is 0.495 e. The number of fused-ring (bicyclic) bond motifs is 1. The second kappa shape index (κ2) is 6.56. The van der Waals surface area contributed by atoms with Crippen LogP contribution in [0.3, 0.4) is 0 Å². The van der Waals surface area contributed by atoms with Crippen LogP contribution in [0.5, 0.6) is 5.75 Å². The molecule has 0 aliphatic carbocycles. The molecule has 1 N–H and O–H groups in total. The van der Waals surface area contributed by atoms with E-state index in [1.807, 2.05) is 31.3 Å². The average Bonchev–Trinajstić information content (AvgIpc) is 3.11. The molecule has 0 aliphatic heterocycles. The van der Waals surface area contributed by atoms with Crippen molar-refractivity contribution in [3.05, 3.63) is 66.2 Å². The first-order valence-electron chi connectivity index (χ1n) is 8.52. The van der Waals surface area contributed by atoms with E-state index in [2.05, 4.69) is 53.6 Å². The lowest BCUT2D eigenvalue weighted by molar-refractivity contribution is 0.416. The maximum atomic E-state index is 5.96. The van der Waals surface area contributed by atoms with Gasteiger partial charge in [0.25, 0.3) is 0 Å². The van der Waals surface area contributed by atoms with Crippen LogP contribution in [0, 0.1) is 6.92 Å². The van der Waals surface area contributed by atoms with E-state index in [-0.39, 0.29) is 0 Å². The summed E-state index contributed by atoms with van der Waals surface area (Å²) < 4.78 is 11.3. The second-order valence-corrected chi connectivity index (χ2v) is 6.23. The number of hydrogen-bond acceptors (Lipinski definition) is 4. The fraction of sp³-hybridized carbons (Fsp3) is 0.136. The van der Waals surface area contributed by atoms with E-state index in [1.54, 1.807) is 7.11 Å². The Morgan fingerprint density at radius 2 is 1.62 bits per heavy atom. The molecule has 0 saturated carbocycles. The van der Waals surface area contributed by atoms with Crippen LogP contribution in [-0.4, -0.2) is 19.1 Å². The van der Waals surface area contributed by atoms with Crippen LogP contribution >= 0.6 is 0 Å². The number of ether oxygens (including phenoxy) is 1. The topological polar surface area (TPSA) is 47.3 Å². The van der Waals surface area contributed by atoms with Crippen molar-refractivity contribution in [3.63, 3.8) is 0 Å². The Hall–Kier alpha value is -3.27. The molecule has 1 heterocycles. The zero-order chi connectivity index (χ0) is 18.1. The van der Waals surface area contributed by atoms with Crippen LogP contribution in [0.1, 0.15) is 5.56 Å². The molecule has 0 atom stereocenters. The summed E-state index contributed by atoms with van der Waals surface area (Å²) in [6, 6.07) is 20.4. The lowest BCUT2D eigenvalue weighted by Gasteiger charge is -2.08. The highest BCUT2D eigenvalue weighted by molar-refractivity contribution is 5.83. The summed E-state index contributed by atoms with van der Waals surface area (Å²) in [6.07, 6.45) is 0. The molecule has 0 spiro atoms. The zero-order valence-electron chi connectivity index (χ0n) is 15.0. The number of rotatable bonds is 4. The third-order valence-electron chi connectivity index (χ3n) is 4.49. The van der Waals surface area contributed by atoms with Crippen molar-refractivity contribution in [2.45, 2.75) is 6.92 Å². The number of nitrogens with one attached hydrogen (secondary N) is 1. The normalized spacial score (nSPS) is 10.9. The van der Waals surface area contributed by atoms with E-state index >= 15 is 0 Å². The maximum Gasteiger partial charge on any atom is 0.227 e. The first-order valence-corrected chi connectivity index (χ1v) is 8.52. The number of aromatic nitrogens is 1. The number of hydrogen-bond donors (Lipinski definition) is 1. The molecule has 4 heteroatoms. The van der Waals surface area contributed by atoms with Gasteiger partial charge in [0.1, 0.15) is 11.3 Å². The van der Waals surface area contributed by atoms with Crippen LogP contribution in [0.2, 0.25) is 0 Å². The summed E-state index contributed by atoms with van der Waals surface area (Å²) in [6.45, 7) is 2.09. The van der Waals surface area contributed by atoms with Crippen LogP contribution in [-0.2, 0) is 0 Å². The predicted octanol–water partition coefficient (Wildman–Crippen LogP) is 5.52. The standard InChI is InChI=1S/C22H20N2O2/c1-14-4-6-15(7-5-14)16-8-11-21-19(12-16)24-22(26-21)17-9-10-20(25-3)18(13-17)23-2/h4-13,23H,1-3H3. The Kier molecular flexibility index (Phi) is 4.09. The first kappa shape index (κ1) is 16.2. The minimum atomic E-state index is 0.597. The van der Waals surface area contributed by atoms with Gasteiger partial charge < -0.3 is 14.5 Å². The van der Waals surface area contributed by atoms with Gasteiger partial charge in [0, 0.05) is 12.6 Å². The SMILES string of the molecule is CNc1cc(-c2nc3cc(-c4ccc(C)cc4)ccc3o2)ccc1OC. The van der Waals surface area contributed by atoms with Crippen molar-refractivity contribution in [2.24, 2.45) is 0 Å². The zero-order valence-corrected chi connectivity index (χ0v) is 15.0. The van der Waals surface area contributed by atoms with Crippen LogP contribution in [0.4, 0.5) is 5.69 Å². The fourth-order valence-electron chi connectivity index (χ4n) is 3.01. The lowest BCUT2D eigenvalue weighted by Crippen LogP contribution is -1.94. The van der Waals surface area contributed by atoms with E-state index in [0.717, 1.165) is 33.7 Å². The van der Waals surface area contributed by atoms with Crippen molar-refractivity contribution >= 4 is 16.8 Å². The van der Waals surface area contributed by atoms with Gasteiger partial charge in [-0.2, -0.15) is 0 Å². The van der Waals surface area contributed by atoms with Crippen molar-refractivity contribution < 1.29 is 9.15 Å². The van der Waals surface area contributed by atoms with Gasteiger partial charge in [0.05, 0.1) is 12.8 Å². The number of nitrogens with zero attached hydrogens (tertiary/aromatic N) is 1. The lowest BCUT2D eigenvalue weighted by atomic mass is 10.0. The van der Waals surface area contributed by atoms with E-state index in [4.69, 9.17) is 9.15 Å². The fourth-order valence-corrected chi connectivity index (χ4v) is 3.01. The highest BCUT2D eigenvalue weighted by atomic mass is 16.5. The molecule has 3 aromatic carbocycles. The Morgan fingerprint density at radius 1 is 0.885 bits per heavy atom. The Labute approximate surface area is 152 Å². The van der Waals surface area contributed by atoms with E-state index in [1.165, 1.54) is 11.1 Å². The first-order chi connectivity index (χ1) is 12.7. The molecule has 4 nitrogen and oxygen atoms in total. The average molecular weight is 344 g/mol. The molecular weight excluding hydrogens is 324 g/mol. The smallest absolute Gasteiger partial charge is 0.227 e. The third-order valence-corrected chi connectivity index (χ3v) is 4.49. The second-order valence-electron chi connectivity index (χ2n) is 6.23. The molecule has 0 aliphatic rings. The Morgan fingerprint density at radius 3 is 2.35 bits per heavy atom. The molecule has 4 rings (SSSR count). The summed E-state index contributed by atoms with van der Waals surface area (Å²) in [5.74, 6) is 1.38. The summed E-state index contributed by atoms with van der Waals surface area (Å²) >= 11 is 0. The number of benzene rings is 3. The van der Waals surface area contributed by atoms with Gasteiger partial charge in [-0.15, -0.1) is 0 Å². The van der Waals surface area contributed by atoms with E-state index in [0.29, 0.717) is 5.89 Å². The molecule has 26 heavy (non-hydrogen) atoms.